The zero-order valence-corrected chi connectivity index (χ0v) is 12.4. The largest absolute Gasteiger partial charge is 0.294 e. The highest BCUT2D eigenvalue weighted by Gasteiger charge is 2.18. The van der Waals surface area contributed by atoms with E-state index in [1.165, 1.54) is 10.4 Å². The van der Waals surface area contributed by atoms with Crippen molar-refractivity contribution in [2.24, 2.45) is 0 Å². The molecule has 3 heterocycles. The fourth-order valence-corrected chi connectivity index (χ4v) is 3.92. The Hall–Kier alpha value is -1.78. The molecule has 21 heavy (non-hydrogen) atoms. The molecule has 0 amide bonds. The van der Waals surface area contributed by atoms with Gasteiger partial charge in [-0.15, -0.1) is 11.3 Å². The number of rotatable bonds is 2. The van der Waals surface area contributed by atoms with Crippen molar-refractivity contribution in [2.75, 3.05) is 6.54 Å². The predicted molar refractivity (Wildman–Crippen MR) is 83.8 cm³/mol. The lowest BCUT2D eigenvalue weighted by Crippen LogP contribution is -2.29. The Balaban J connectivity index is 1.66. The van der Waals surface area contributed by atoms with Gasteiger partial charge in [-0.3, -0.25) is 9.88 Å². The van der Waals surface area contributed by atoms with Crippen LogP contribution in [0.2, 0.25) is 0 Å². The van der Waals surface area contributed by atoms with Crippen LogP contribution in [0.4, 0.5) is 4.39 Å². The highest BCUT2D eigenvalue weighted by atomic mass is 32.1. The minimum Gasteiger partial charge on any atom is -0.294 e. The van der Waals surface area contributed by atoms with E-state index in [9.17, 15) is 4.39 Å². The maximum absolute atomic E-state index is 13.8. The molecule has 0 saturated heterocycles. The van der Waals surface area contributed by atoms with Gasteiger partial charge in [0, 0.05) is 36.1 Å². The van der Waals surface area contributed by atoms with Crippen LogP contribution in [0.3, 0.4) is 0 Å². The molecule has 0 N–H and O–H groups in total. The first-order valence-electron chi connectivity index (χ1n) is 7.10. The van der Waals surface area contributed by atoms with Gasteiger partial charge in [-0.1, -0.05) is 6.07 Å². The Bertz CT molecular complexity index is 796. The van der Waals surface area contributed by atoms with E-state index in [-0.39, 0.29) is 5.82 Å². The van der Waals surface area contributed by atoms with Gasteiger partial charge in [-0.25, -0.2) is 4.39 Å². The Morgan fingerprint density at radius 2 is 2.24 bits per heavy atom. The van der Waals surface area contributed by atoms with Crippen molar-refractivity contribution in [3.8, 4) is 0 Å². The monoisotopic (exact) mass is 298 g/mol. The van der Waals surface area contributed by atoms with Gasteiger partial charge in [0.1, 0.15) is 5.82 Å². The lowest BCUT2D eigenvalue weighted by molar-refractivity contribution is 0.248. The molecule has 0 fully saturated rings. The summed E-state index contributed by atoms with van der Waals surface area (Å²) in [6.45, 7) is 2.72. The second-order valence-corrected chi connectivity index (χ2v) is 6.47. The van der Waals surface area contributed by atoms with Gasteiger partial charge in [-0.05, 0) is 47.2 Å². The molecule has 2 nitrogen and oxygen atoms in total. The van der Waals surface area contributed by atoms with E-state index in [0.29, 0.717) is 0 Å². The lowest BCUT2D eigenvalue weighted by Gasteiger charge is -2.27. The molecule has 0 spiro atoms. The van der Waals surface area contributed by atoms with Crippen LogP contribution in [-0.4, -0.2) is 16.4 Å². The summed E-state index contributed by atoms with van der Waals surface area (Å²) in [5.41, 5.74) is 3.30. The predicted octanol–water partition coefficient (Wildman–Crippen LogP) is 3.99. The van der Waals surface area contributed by atoms with E-state index in [0.717, 1.165) is 42.5 Å². The Kier molecular flexibility index (Phi) is 3.20. The first-order valence-corrected chi connectivity index (χ1v) is 7.98. The van der Waals surface area contributed by atoms with Crippen molar-refractivity contribution in [3.05, 3.63) is 63.7 Å². The van der Waals surface area contributed by atoms with Crippen molar-refractivity contribution in [2.45, 2.75) is 19.5 Å². The average molecular weight is 298 g/mol. The number of hydrogen-bond acceptors (Lipinski definition) is 3. The Labute approximate surface area is 126 Å². The average Bonchev–Trinajstić information content (AvgIpc) is 2.94. The van der Waals surface area contributed by atoms with Crippen LogP contribution in [0.25, 0.3) is 10.9 Å². The summed E-state index contributed by atoms with van der Waals surface area (Å²) in [6, 6.07) is 9.15. The van der Waals surface area contributed by atoms with Gasteiger partial charge in [0.15, 0.2) is 0 Å². The smallest absolute Gasteiger partial charge is 0.124 e. The molecule has 1 aliphatic heterocycles. The van der Waals surface area contributed by atoms with E-state index in [1.54, 1.807) is 18.3 Å². The van der Waals surface area contributed by atoms with Crippen LogP contribution in [0, 0.1) is 5.82 Å². The summed E-state index contributed by atoms with van der Waals surface area (Å²) < 4.78 is 13.8. The molecule has 1 aliphatic rings. The maximum Gasteiger partial charge on any atom is 0.124 e. The van der Waals surface area contributed by atoms with Crippen LogP contribution in [0.1, 0.15) is 16.0 Å². The summed E-state index contributed by atoms with van der Waals surface area (Å²) in [7, 11) is 0. The molecule has 0 saturated carbocycles. The number of halogens is 1. The first kappa shape index (κ1) is 12.9. The number of fused-ring (bicyclic) bond motifs is 2. The van der Waals surface area contributed by atoms with E-state index < -0.39 is 0 Å². The van der Waals surface area contributed by atoms with Crippen molar-refractivity contribution in [1.29, 1.82) is 0 Å². The third-order valence-corrected chi connectivity index (χ3v) is 5.05. The molecule has 0 bridgehead atoms. The normalized spacial score (nSPS) is 15.3. The number of hydrogen-bond donors (Lipinski definition) is 0. The molecule has 3 aromatic rings. The fraction of sp³-hybridized carbons (Fsp3) is 0.235. The summed E-state index contributed by atoms with van der Waals surface area (Å²) in [4.78, 5) is 8.30. The topological polar surface area (TPSA) is 16.1 Å². The van der Waals surface area contributed by atoms with E-state index in [1.807, 2.05) is 23.5 Å². The van der Waals surface area contributed by atoms with Crippen LogP contribution >= 0.6 is 11.3 Å². The standard InChI is InChI=1S/C17H15FN2S/c18-15-8-12-2-1-5-19-17(12)14(9-15)11-20-6-3-16-13(10-20)4-7-21-16/h1-2,4-5,7-9H,3,6,10-11H2. The fourth-order valence-electron chi connectivity index (χ4n) is 3.03. The third-order valence-electron chi connectivity index (χ3n) is 4.03. The van der Waals surface area contributed by atoms with Gasteiger partial charge in [0.25, 0.3) is 0 Å². The van der Waals surface area contributed by atoms with E-state index in [4.69, 9.17) is 0 Å². The summed E-state index contributed by atoms with van der Waals surface area (Å²) in [5, 5.41) is 3.04. The molecular weight excluding hydrogens is 283 g/mol. The van der Waals surface area contributed by atoms with Crippen LogP contribution in [0.5, 0.6) is 0 Å². The highest BCUT2D eigenvalue weighted by Crippen LogP contribution is 2.26. The SMILES string of the molecule is Fc1cc(CN2CCc3sccc3C2)c2ncccc2c1. The molecule has 106 valence electrons. The van der Waals surface area contributed by atoms with Crippen LogP contribution < -0.4 is 0 Å². The third kappa shape index (κ3) is 2.45. The van der Waals surface area contributed by atoms with Crippen molar-refractivity contribution < 1.29 is 4.39 Å². The number of aromatic nitrogens is 1. The maximum atomic E-state index is 13.8. The van der Waals surface area contributed by atoms with Crippen LogP contribution in [-0.2, 0) is 19.5 Å². The quantitative estimate of drug-likeness (QED) is 0.711. The van der Waals surface area contributed by atoms with Gasteiger partial charge in [-0.2, -0.15) is 0 Å². The molecule has 0 radical (unpaired) electrons. The van der Waals surface area contributed by atoms with Gasteiger partial charge >= 0.3 is 0 Å². The molecule has 2 aromatic heterocycles. The number of nitrogens with zero attached hydrogens (tertiary/aromatic N) is 2. The summed E-state index contributed by atoms with van der Waals surface area (Å²) in [5.74, 6) is -0.182. The summed E-state index contributed by atoms with van der Waals surface area (Å²) in [6.07, 6.45) is 2.87. The molecule has 0 unspecified atom stereocenters. The molecule has 4 heteroatoms. The van der Waals surface area contributed by atoms with Gasteiger partial charge in [0.2, 0.25) is 0 Å². The number of thiophene rings is 1. The Morgan fingerprint density at radius 1 is 1.29 bits per heavy atom. The minimum absolute atomic E-state index is 0.182. The molecular formula is C17H15FN2S. The highest BCUT2D eigenvalue weighted by molar-refractivity contribution is 7.10. The molecule has 0 aliphatic carbocycles. The Morgan fingerprint density at radius 3 is 3.19 bits per heavy atom. The lowest BCUT2D eigenvalue weighted by atomic mass is 10.1. The van der Waals surface area contributed by atoms with E-state index >= 15 is 0 Å². The first-order chi connectivity index (χ1) is 10.3. The second-order valence-electron chi connectivity index (χ2n) is 5.47. The molecule has 4 rings (SSSR count). The number of benzene rings is 1. The zero-order chi connectivity index (χ0) is 14.2. The minimum atomic E-state index is -0.182. The number of pyridine rings is 1. The van der Waals surface area contributed by atoms with Crippen LogP contribution in [0.15, 0.2) is 41.9 Å². The zero-order valence-electron chi connectivity index (χ0n) is 11.6. The van der Waals surface area contributed by atoms with Crippen molar-refractivity contribution in [3.63, 3.8) is 0 Å². The summed E-state index contributed by atoms with van der Waals surface area (Å²) >= 11 is 1.84. The van der Waals surface area contributed by atoms with Gasteiger partial charge < -0.3 is 0 Å². The van der Waals surface area contributed by atoms with E-state index in [2.05, 4.69) is 21.3 Å². The molecule has 0 atom stereocenters. The van der Waals surface area contributed by atoms with Gasteiger partial charge in [0.05, 0.1) is 5.52 Å². The van der Waals surface area contributed by atoms with Crippen molar-refractivity contribution in [1.82, 2.24) is 9.88 Å². The second kappa shape index (κ2) is 5.20. The van der Waals surface area contributed by atoms with Crippen molar-refractivity contribution >= 4 is 22.2 Å². The molecule has 1 aromatic carbocycles.